The van der Waals surface area contributed by atoms with E-state index in [1.54, 1.807) is 0 Å². The van der Waals surface area contributed by atoms with Gasteiger partial charge >= 0.3 is 0 Å². The molecule has 0 unspecified atom stereocenters. The van der Waals surface area contributed by atoms with Gasteiger partial charge in [-0.3, -0.25) is 0 Å². The van der Waals surface area contributed by atoms with Gasteiger partial charge in [0.15, 0.2) is 5.82 Å². The summed E-state index contributed by atoms with van der Waals surface area (Å²) in [4.78, 5) is 9.00. The number of rotatable bonds is 3. The lowest BCUT2D eigenvalue weighted by Crippen LogP contribution is -2.11. The third kappa shape index (κ3) is 3.03. The number of hydrogen-bond donors (Lipinski definition) is 2. The Morgan fingerprint density at radius 3 is 2.53 bits per heavy atom. The van der Waals surface area contributed by atoms with E-state index in [-0.39, 0.29) is 0 Å². The molecule has 0 atom stereocenters. The van der Waals surface area contributed by atoms with Crippen LogP contribution in [0.4, 0.5) is 5.82 Å². The molecule has 2 rings (SSSR count). The minimum Gasteiger partial charge on any atom is -0.308 e. The molecule has 1 heterocycles. The van der Waals surface area contributed by atoms with Crippen LogP contribution in [0.1, 0.15) is 31.0 Å². The van der Waals surface area contributed by atoms with Crippen molar-refractivity contribution in [2.75, 3.05) is 5.43 Å². The van der Waals surface area contributed by atoms with Crippen molar-refractivity contribution in [2.45, 2.75) is 26.7 Å². The molecule has 4 nitrogen and oxygen atoms in total. The van der Waals surface area contributed by atoms with Crippen LogP contribution in [0.15, 0.2) is 24.3 Å². The topological polar surface area (TPSA) is 63.8 Å². The van der Waals surface area contributed by atoms with Crippen molar-refractivity contribution >= 4 is 17.4 Å². The molecule has 19 heavy (non-hydrogen) atoms. The van der Waals surface area contributed by atoms with Crippen LogP contribution in [-0.2, 0) is 0 Å². The molecule has 1 aromatic carbocycles. The van der Waals surface area contributed by atoms with E-state index >= 15 is 0 Å². The maximum Gasteiger partial charge on any atom is 0.162 e. The Labute approximate surface area is 118 Å². The average molecular weight is 277 g/mol. The summed E-state index contributed by atoms with van der Waals surface area (Å²) < 4.78 is 0. The van der Waals surface area contributed by atoms with Crippen molar-refractivity contribution in [2.24, 2.45) is 5.84 Å². The van der Waals surface area contributed by atoms with Gasteiger partial charge in [0.05, 0.1) is 0 Å². The Balaban J connectivity index is 2.57. The summed E-state index contributed by atoms with van der Waals surface area (Å²) in [7, 11) is 0. The van der Waals surface area contributed by atoms with Gasteiger partial charge in [-0.25, -0.2) is 15.8 Å². The number of hydrazine groups is 1. The van der Waals surface area contributed by atoms with Gasteiger partial charge < -0.3 is 5.43 Å². The molecule has 0 fully saturated rings. The summed E-state index contributed by atoms with van der Waals surface area (Å²) in [6, 6.07) is 7.53. The second kappa shape index (κ2) is 5.55. The summed E-state index contributed by atoms with van der Waals surface area (Å²) in [6.07, 6.45) is 0. The number of benzene rings is 1. The zero-order valence-electron chi connectivity index (χ0n) is 11.2. The van der Waals surface area contributed by atoms with E-state index in [1.165, 1.54) is 0 Å². The van der Waals surface area contributed by atoms with Crippen LogP contribution < -0.4 is 11.3 Å². The van der Waals surface area contributed by atoms with Crippen molar-refractivity contribution in [3.63, 3.8) is 0 Å². The summed E-state index contributed by atoms with van der Waals surface area (Å²) >= 11 is 5.97. The van der Waals surface area contributed by atoms with Gasteiger partial charge in [-0.2, -0.15) is 0 Å². The zero-order valence-corrected chi connectivity index (χ0v) is 12.0. The highest BCUT2D eigenvalue weighted by molar-refractivity contribution is 6.30. The van der Waals surface area contributed by atoms with Crippen LogP contribution in [-0.4, -0.2) is 9.97 Å². The lowest BCUT2D eigenvalue weighted by molar-refractivity contribution is 0.817. The fourth-order valence-electron chi connectivity index (χ4n) is 1.83. The molecule has 0 radical (unpaired) electrons. The van der Waals surface area contributed by atoms with Gasteiger partial charge in [-0.15, -0.1) is 0 Å². The zero-order chi connectivity index (χ0) is 14.0. The molecule has 0 saturated heterocycles. The number of anilines is 1. The predicted molar refractivity (Wildman–Crippen MR) is 79.1 cm³/mol. The van der Waals surface area contributed by atoms with Crippen LogP contribution in [0.2, 0.25) is 5.02 Å². The first-order valence-corrected chi connectivity index (χ1v) is 6.51. The molecule has 0 aliphatic carbocycles. The van der Waals surface area contributed by atoms with Crippen LogP contribution in [0.25, 0.3) is 11.4 Å². The van der Waals surface area contributed by atoms with Crippen LogP contribution >= 0.6 is 11.6 Å². The van der Waals surface area contributed by atoms with Crippen molar-refractivity contribution in [3.8, 4) is 11.4 Å². The quantitative estimate of drug-likeness (QED) is 0.665. The number of nitrogens with zero attached hydrogens (tertiary/aromatic N) is 2. The normalized spacial score (nSPS) is 10.8. The second-order valence-corrected chi connectivity index (χ2v) is 5.20. The Bertz CT molecular complexity index is 596. The molecule has 0 aliphatic rings. The lowest BCUT2D eigenvalue weighted by atomic mass is 10.1. The molecule has 2 aromatic rings. The number of hydrogen-bond acceptors (Lipinski definition) is 4. The van der Waals surface area contributed by atoms with Crippen LogP contribution in [0.3, 0.4) is 0 Å². The monoisotopic (exact) mass is 276 g/mol. The largest absolute Gasteiger partial charge is 0.308 e. The number of nitrogen functional groups attached to an aromatic ring is 1. The first kappa shape index (κ1) is 13.8. The molecule has 100 valence electrons. The average Bonchev–Trinajstić information content (AvgIpc) is 2.38. The molecule has 0 amide bonds. The van der Waals surface area contributed by atoms with Crippen LogP contribution in [0.5, 0.6) is 0 Å². The predicted octanol–water partition coefficient (Wildman–Crippen LogP) is 3.51. The molecule has 1 aromatic heterocycles. The van der Waals surface area contributed by atoms with E-state index in [1.807, 2.05) is 31.2 Å². The molecule has 3 N–H and O–H groups in total. The van der Waals surface area contributed by atoms with Gasteiger partial charge in [0, 0.05) is 22.3 Å². The standard InChI is InChI=1S/C14H17ClN4/c1-8(2)12-7-13(19-16)18-14(17-12)11-5-4-10(15)6-9(11)3/h4-8H,16H2,1-3H3,(H,17,18,19). The molecular formula is C14H17ClN4. The Kier molecular flexibility index (Phi) is 4.02. The second-order valence-electron chi connectivity index (χ2n) is 4.76. The number of aryl methyl sites for hydroxylation is 1. The molecule has 0 bridgehead atoms. The van der Waals surface area contributed by atoms with Gasteiger partial charge in [0.25, 0.3) is 0 Å². The summed E-state index contributed by atoms with van der Waals surface area (Å²) in [5.74, 6) is 7.05. The van der Waals surface area contributed by atoms with E-state index < -0.39 is 0 Å². The lowest BCUT2D eigenvalue weighted by Gasteiger charge is -2.11. The minimum absolute atomic E-state index is 0.307. The third-order valence-electron chi connectivity index (χ3n) is 2.91. The molecule has 0 spiro atoms. The SMILES string of the molecule is Cc1cc(Cl)ccc1-c1nc(NN)cc(C(C)C)n1. The fourth-order valence-corrected chi connectivity index (χ4v) is 2.06. The third-order valence-corrected chi connectivity index (χ3v) is 3.15. The minimum atomic E-state index is 0.307. The van der Waals surface area contributed by atoms with E-state index in [9.17, 15) is 0 Å². The van der Waals surface area contributed by atoms with Gasteiger partial charge in [0.2, 0.25) is 0 Å². The number of halogens is 1. The van der Waals surface area contributed by atoms with E-state index in [4.69, 9.17) is 17.4 Å². The number of nitrogens with one attached hydrogen (secondary N) is 1. The van der Waals surface area contributed by atoms with E-state index in [2.05, 4.69) is 29.2 Å². The first-order chi connectivity index (χ1) is 9.01. The van der Waals surface area contributed by atoms with Crippen molar-refractivity contribution < 1.29 is 0 Å². The molecule has 5 heteroatoms. The smallest absolute Gasteiger partial charge is 0.162 e. The summed E-state index contributed by atoms with van der Waals surface area (Å²) in [5.41, 5.74) is 5.54. The van der Waals surface area contributed by atoms with Gasteiger partial charge in [-0.1, -0.05) is 25.4 Å². The maximum atomic E-state index is 5.97. The Morgan fingerprint density at radius 1 is 1.21 bits per heavy atom. The van der Waals surface area contributed by atoms with Crippen molar-refractivity contribution in [1.29, 1.82) is 0 Å². The molecular weight excluding hydrogens is 260 g/mol. The molecule has 0 aliphatic heterocycles. The highest BCUT2D eigenvalue weighted by Crippen LogP contribution is 2.26. The van der Waals surface area contributed by atoms with Crippen LogP contribution in [0, 0.1) is 6.92 Å². The van der Waals surface area contributed by atoms with E-state index in [0.717, 1.165) is 16.8 Å². The fraction of sp³-hybridized carbons (Fsp3) is 0.286. The maximum absolute atomic E-state index is 5.97. The first-order valence-electron chi connectivity index (χ1n) is 6.13. The number of aromatic nitrogens is 2. The molecule has 0 saturated carbocycles. The van der Waals surface area contributed by atoms with Gasteiger partial charge in [0.1, 0.15) is 5.82 Å². The highest BCUT2D eigenvalue weighted by Gasteiger charge is 2.11. The summed E-state index contributed by atoms with van der Waals surface area (Å²) in [5, 5.41) is 0.707. The highest BCUT2D eigenvalue weighted by atomic mass is 35.5. The van der Waals surface area contributed by atoms with Crippen molar-refractivity contribution in [3.05, 3.63) is 40.5 Å². The van der Waals surface area contributed by atoms with Crippen molar-refractivity contribution in [1.82, 2.24) is 9.97 Å². The van der Waals surface area contributed by atoms with Gasteiger partial charge in [-0.05, 0) is 36.6 Å². The Morgan fingerprint density at radius 2 is 1.95 bits per heavy atom. The Hall–Kier alpha value is -1.65. The van der Waals surface area contributed by atoms with E-state index in [0.29, 0.717) is 22.6 Å². The number of nitrogens with two attached hydrogens (primary N) is 1. The summed E-state index contributed by atoms with van der Waals surface area (Å²) in [6.45, 7) is 6.16.